The molecule has 3 heterocycles. The Balaban J connectivity index is 1.44. The number of benzene rings is 2. The van der Waals surface area contributed by atoms with Crippen LogP contribution < -0.4 is 0 Å². The number of hydrogen-bond acceptors (Lipinski definition) is 3. The number of hydrogen-bond donors (Lipinski definition) is 1. The third-order valence-electron chi connectivity index (χ3n) is 5.55. The van der Waals surface area contributed by atoms with Crippen LogP contribution in [-0.2, 0) is 19.5 Å². The SMILES string of the molecule is Cc1c(CN2CCc3onc(-c4ccc(F)c(F)c4)c3C2)[nH]c2ccccc12. The van der Waals surface area contributed by atoms with Gasteiger partial charge < -0.3 is 9.51 Å². The Labute approximate surface area is 160 Å². The van der Waals surface area contributed by atoms with Crippen molar-refractivity contribution in [1.29, 1.82) is 0 Å². The first kappa shape index (κ1) is 17.1. The molecule has 2 aromatic heterocycles. The van der Waals surface area contributed by atoms with Crippen molar-refractivity contribution in [3.63, 3.8) is 0 Å². The van der Waals surface area contributed by atoms with Crippen molar-refractivity contribution in [3.8, 4) is 11.3 Å². The summed E-state index contributed by atoms with van der Waals surface area (Å²) in [5.74, 6) is -0.919. The van der Waals surface area contributed by atoms with Gasteiger partial charge in [0.2, 0.25) is 0 Å². The highest BCUT2D eigenvalue weighted by Crippen LogP contribution is 2.32. The van der Waals surface area contributed by atoms with Gasteiger partial charge in [-0.25, -0.2) is 8.78 Å². The molecule has 28 heavy (non-hydrogen) atoms. The fraction of sp³-hybridized carbons (Fsp3) is 0.227. The monoisotopic (exact) mass is 379 g/mol. The number of aromatic nitrogens is 2. The lowest BCUT2D eigenvalue weighted by Crippen LogP contribution is -2.30. The summed E-state index contributed by atoms with van der Waals surface area (Å²) >= 11 is 0. The molecule has 0 radical (unpaired) electrons. The maximum atomic E-state index is 13.7. The molecule has 1 aliphatic rings. The summed E-state index contributed by atoms with van der Waals surface area (Å²) in [4.78, 5) is 5.84. The predicted molar refractivity (Wildman–Crippen MR) is 103 cm³/mol. The number of nitrogens with one attached hydrogen (secondary N) is 1. The molecule has 0 bridgehead atoms. The molecule has 2 aromatic carbocycles. The Kier molecular flexibility index (Phi) is 4.02. The van der Waals surface area contributed by atoms with Crippen LogP contribution in [0.2, 0.25) is 0 Å². The minimum absolute atomic E-state index is 0.535. The van der Waals surface area contributed by atoms with Gasteiger partial charge in [-0.1, -0.05) is 23.4 Å². The molecule has 142 valence electrons. The molecular formula is C22H19F2N3O. The normalized spacial score (nSPS) is 14.5. The Morgan fingerprint density at radius 2 is 2.00 bits per heavy atom. The van der Waals surface area contributed by atoms with E-state index in [1.165, 1.54) is 28.8 Å². The van der Waals surface area contributed by atoms with Crippen molar-refractivity contribution in [1.82, 2.24) is 15.0 Å². The number of halogens is 2. The summed E-state index contributed by atoms with van der Waals surface area (Å²) in [6.45, 7) is 4.42. The molecule has 1 aliphatic heterocycles. The van der Waals surface area contributed by atoms with E-state index in [1.807, 2.05) is 12.1 Å². The first-order valence-electron chi connectivity index (χ1n) is 9.31. The van der Waals surface area contributed by atoms with Gasteiger partial charge in [0.25, 0.3) is 0 Å². The van der Waals surface area contributed by atoms with Crippen molar-refractivity contribution in [2.24, 2.45) is 0 Å². The summed E-state index contributed by atoms with van der Waals surface area (Å²) in [6, 6.07) is 12.1. The first-order valence-corrected chi connectivity index (χ1v) is 9.31. The van der Waals surface area contributed by atoms with E-state index in [0.717, 1.165) is 42.4 Å². The molecule has 4 nitrogen and oxygen atoms in total. The van der Waals surface area contributed by atoms with Gasteiger partial charge in [-0.3, -0.25) is 4.90 Å². The molecule has 0 aliphatic carbocycles. The molecule has 1 N–H and O–H groups in total. The summed E-state index contributed by atoms with van der Waals surface area (Å²) in [5, 5.41) is 5.37. The summed E-state index contributed by atoms with van der Waals surface area (Å²) in [7, 11) is 0. The number of aryl methyl sites for hydroxylation is 1. The maximum absolute atomic E-state index is 13.7. The molecule has 0 unspecified atom stereocenters. The Hall–Kier alpha value is -2.99. The molecule has 0 fully saturated rings. The number of nitrogens with zero attached hydrogens (tertiary/aromatic N) is 2. The number of fused-ring (bicyclic) bond motifs is 2. The largest absolute Gasteiger partial charge is 0.360 e. The topological polar surface area (TPSA) is 45.1 Å². The van der Waals surface area contributed by atoms with Crippen molar-refractivity contribution >= 4 is 10.9 Å². The molecule has 4 aromatic rings. The van der Waals surface area contributed by atoms with Gasteiger partial charge >= 0.3 is 0 Å². The highest BCUT2D eigenvalue weighted by molar-refractivity contribution is 5.84. The van der Waals surface area contributed by atoms with Gasteiger partial charge in [0.15, 0.2) is 11.6 Å². The zero-order chi connectivity index (χ0) is 19.3. The number of aromatic amines is 1. The standard InChI is InChI=1S/C22H19F2N3O/c1-13-15-4-2-3-5-19(15)25-20(13)12-27-9-8-21-16(11-27)22(26-28-21)14-6-7-17(23)18(24)10-14/h2-7,10,25H,8-9,11-12H2,1H3. The quantitative estimate of drug-likeness (QED) is 0.547. The van der Waals surface area contributed by atoms with Gasteiger partial charge in [0.1, 0.15) is 11.5 Å². The minimum atomic E-state index is -0.879. The van der Waals surface area contributed by atoms with E-state index in [-0.39, 0.29) is 0 Å². The highest BCUT2D eigenvalue weighted by Gasteiger charge is 2.26. The summed E-state index contributed by atoms with van der Waals surface area (Å²) < 4.78 is 32.4. The molecule has 5 rings (SSSR count). The number of rotatable bonds is 3. The van der Waals surface area contributed by atoms with Crippen LogP contribution in [0, 0.1) is 18.6 Å². The van der Waals surface area contributed by atoms with Crippen molar-refractivity contribution in [2.45, 2.75) is 26.4 Å². The Morgan fingerprint density at radius 1 is 1.14 bits per heavy atom. The van der Waals surface area contributed by atoms with E-state index in [9.17, 15) is 8.78 Å². The van der Waals surface area contributed by atoms with Crippen LogP contribution in [-0.4, -0.2) is 21.6 Å². The third-order valence-corrected chi connectivity index (χ3v) is 5.55. The van der Waals surface area contributed by atoms with Gasteiger partial charge in [-0.15, -0.1) is 0 Å². The zero-order valence-electron chi connectivity index (χ0n) is 15.4. The zero-order valence-corrected chi connectivity index (χ0v) is 15.4. The molecule has 0 saturated carbocycles. The predicted octanol–water partition coefficient (Wildman–Crippen LogP) is 4.97. The smallest absolute Gasteiger partial charge is 0.159 e. The lowest BCUT2D eigenvalue weighted by atomic mass is 10.0. The van der Waals surface area contributed by atoms with Crippen LogP contribution in [0.3, 0.4) is 0 Å². The second-order valence-corrected chi connectivity index (χ2v) is 7.30. The first-order chi connectivity index (χ1) is 13.6. The molecular weight excluding hydrogens is 360 g/mol. The summed E-state index contributed by atoms with van der Waals surface area (Å²) in [5.41, 5.74) is 5.66. The van der Waals surface area contributed by atoms with E-state index in [0.29, 0.717) is 17.8 Å². The second-order valence-electron chi connectivity index (χ2n) is 7.30. The molecule has 0 atom stereocenters. The van der Waals surface area contributed by atoms with Crippen molar-refractivity contribution < 1.29 is 13.3 Å². The van der Waals surface area contributed by atoms with E-state index in [1.54, 1.807) is 0 Å². The molecule has 0 saturated heterocycles. The van der Waals surface area contributed by atoms with Crippen LogP contribution in [0.1, 0.15) is 22.6 Å². The van der Waals surface area contributed by atoms with Gasteiger partial charge in [-0.05, 0) is 36.8 Å². The average molecular weight is 379 g/mol. The number of H-pyrrole nitrogens is 1. The van der Waals surface area contributed by atoms with Crippen LogP contribution in [0.5, 0.6) is 0 Å². The average Bonchev–Trinajstić information content (AvgIpc) is 3.26. The van der Waals surface area contributed by atoms with Crippen LogP contribution in [0.4, 0.5) is 8.78 Å². The van der Waals surface area contributed by atoms with Crippen LogP contribution >= 0.6 is 0 Å². The van der Waals surface area contributed by atoms with E-state index < -0.39 is 11.6 Å². The van der Waals surface area contributed by atoms with Crippen molar-refractivity contribution in [2.75, 3.05) is 6.54 Å². The Morgan fingerprint density at radius 3 is 2.82 bits per heavy atom. The lowest BCUT2D eigenvalue weighted by molar-refractivity contribution is 0.226. The Bertz CT molecular complexity index is 1180. The number of para-hydroxylation sites is 1. The van der Waals surface area contributed by atoms with E-state index >= 15 is 0 Å². The molecule has 6 heteroatoms. The summed E-state index contributed by atoms with van der Waals surface area (Å²) in [6.07, 6.45) is 0.741. The van der Waals surface area contributed by atoms with Gasteiger partial charge in [0.05, 0.1) is 0 Å². The van der Waals surface area contributed by atoms with E-state index in [4.69, 9.17) is 4.52 Å². The highest BCUT2D eigenvalue weighted by atomic mass is 19.2. The molecule has 0 amide bonds. The fourth-order valence-electron chi connectivity index (χ4n) is 3.99. The maximum Gasteiger partial charge on any atom is 0.159 e. The van der Waals surface area contributed by atoms with Crippen molar-refractivity contribution in [3.05, 3.63) is 76.7 Å². The third kappa shape index (κ3) is 2.81. The minimum Gasteiger partial charge on any atom is -0.360 e. The van der Waals surface area contributed by atoms with Gasteiger partial charge in [-0.2, -0.15) is 0 Å². The van der Waals surface area contributed by atoms with E-state index in [2.05, 4.69) is 34.1 Å². The fourth-order valence-corrected chi connectivity index (χ4v) is 3.99. The molecule has 0 spiro atoms. The van der Waals surface area contributed by atoms with Crippen LogP contribution in [0.15, 0.2) is 47.0 Å². The second kappa shape index (κ2) is 6.56. The van der Waals surface area contributed by atoms with Gasteiger partial charge in [0, 0.05) is 53.8 Å². The van der Waals surface area contributed by atoms with Crippen LogP contribution in [0.25, 0.3) is 22.2 Å². The lowest BCUT2D eigenvalue weighted by Gasteiger charge is -2.26.